The van der Waals surface area contributed by atoms with Crippen LogP contribution in [0.2, 0.25) is 0 Å². The second kappa shape index (κ2) is 16.3. The predicted octanol–water partition coefficient (Wildman–Crippen LogP) is 7.17. The minimum absolute atomic E-state index is 0. The van der Waals surface area contributed by atoms with E-state index >= 15 is 0 Å². The van der Waals surface area contributed by atoms with Crippen LogP contribution in [0.25, 0.3) is 0 Å². The number of anilines is 4. The molecule has 2 aromatic rings. The molecule has 37 heavy (non-hydrogen) atoms. The van der Waals surface area contributed by atoms with Gasteiger partial charge in [0.2, 0.25) is 0 Å². The summed E-state index contributed by atoms with van der Waals surface area (Å²) in [6, 6.07) is 13.0. The molecule has 0 saturated heterocycles. The molecule has 0 unspecified atom stereocenters. The number of benzene rings is 2. The Bertz CT molecular complexity index is 1020. The van der Waals surface area contributed by atoms with Crippen molar-refractivity contribution in [3.63, 3.8) is 0 Å². The van der Waals surface area contributed by atoms with Crippen LogP contribution in [-0.4, -0.2) is 66.3 Å². The summed E-state index contributed by atoms with van der Waals surface area (Å²) < 4.78 is 0. The van der Waals surface area contributed by atoms with Crippen molar-refractivity contribution in [1.29, 1.82) is 0 Å². The number of hydrogen-bond donors (Lipinski definition) is 0. The molecule has 0 radical (unpaired) electrons. The molecule has 0 aliphatic carbocycles. The molecule has 208 valence electrons. The minimum atomic E-state index is 0. The molecule has 0 aliphatic rings. The number of unbranched alkanes of at least 4 members (excludes halogenated alkanes) is 1. The molecule has 0 aliphatic heterocycles. The van der Waals surface area contributed by atoms with Gasteiger partial charge in [0.25, 0.3) is 0 Å². The van der Waals surface area contributed by atoms with E-state index in [9.17, 15) is 0 Å². The molecule has 0 bridgehead atoms. The average Bonchev–Trinajstić information content (AvgIpc) is 2.92. The number of hydrogen-bond acceptors (Lipinski definition) is 6. The smallest absolute Gasteiger partial charge is 0.0655 e. The summed E-state index contributed by atoms with van der Waals surface area (Å²) in [4.78, 5) is 19.0. The van der Waals surface area contributed by atoms with E-state index < -0.39 is 0 Å². The quantitative estimate of drug-likeness (QED) is 0.184. The van der Waals surface area contributed by atoms with Crippen LogP contribution in [0.3, 0.4) is 0 Å². The largest absolute Gasteiger partial charge is 0.373 e. The number of rotatable bonds is 14. The summed E-state index contributed by atoms with van der Waals surface area (Å²) in [7, 11) is 8.54. The zero-order valence-electron chi connectivity index (χ0n) is 24.5. The summed E-state index contributed by atoms with van der Waals surface area (Å²) in [6.07, 6.45) is 5.08. The predicted molar refractivity (Wildman–Crippen MR) is 163 cm³/mol. The van der Waals surface area contributed by atoms with Gasteiger partial charge in [0, 0.05) is 77.1 Å². The molecule has 2 rings (SSSR count). The van der Waals surface area contributed by atoms with Gasteiger partial charge < -0.3 is 19.6 Å². The van der Waals surface area contributed by atoms with Crippen molar-refractivity contribution in [3.8, 4) is 0 Å². The minimum Gasteiger partial charge on any atom is -0.373 e. The van der Waals surface area contributed by atoms with E-state index in [1.54, 1.807) is 0 Å². The van der Waals surface area contributed by atoms with E-state index in [1.165, 1.54) is 22.7 Å². The molecule has 0 N–H and O–H groups in total. The van der Waals surface area contributed by atoms with Crippen LogP contribution < -0.4 is 19.6 Å². The van der Waals surface area contributed by atoms with E-state index in [2.05, 4.69) is 119 Å². The van der Waals surface area contributed by atoms with Crippen LogP contribution in [0, 0.1) is 0 Å². The topological polar surface area (TPSA) is 37.7 Å². The molecule has 0 heterocycles. The van der Waals surface area contributed by atoms with Crippen LogP contribution in [0.4, 0.5) is 34.1 Å². The fourth-order valence-electron chi connectivity index (χ4n) is 3.93. The maximum Gasteiger partial charge on any atom is 0.0655 e. The van der Waals surface area contributed by atoms with Gasteiger partial charge in [0.05, 0.1) is 39.8 Å². The summed E-state index contributed by atoms with van der Waals surface area (Å²) in [5.74, 6) is 0. The average molecular weight is 551 g/mol. The first-order valence-electron chi connectivity index (χ1n) is 13.5. The van der Waals surface area contributed by atoms with Gasteiger partial charge in [-0.2, -0.15) is 0 Å². The van der Waals surface area contributed by atoms with Gasteiger partial charge in [-0.15, -0.1) is 0 Å². The van der Waals surface area contributed by atoms with Gasteiger partial charge in [-0.3, -0.25) is 9.98 Å². The summed E-state index contributed by atoms with van der Waals surface area (Å²) in [5, 5.41) is 0. The Hall–Kier alpha value is -2.53. The van der Waals surface area contributed by atoms with Crippen molar-refractivity contribution in [3.05, 3.63) is 36.4 Å². The molecule has 0 spiro atoms. The molecule has 0 aromatic heterocycles. The Labute approximate surface area is 236 Å². The first-order chi connectivity index (χ1) is 17.3. The molecule has 2 aromatic carbocycles. The van der Waals surface area contributed by atoms with E-state index in [1.807, 2.05) is 6.21 Å². The van der Waals surface area contributed by atoms with Gasteiger partial charge in [-0.1, -0.05) is 13.3 Å². The first-order valence-corrected chi connectivity index (χ1v) is 13.5. The van der Waals surface area contributed by atoms with Gasteiger partial charge in [0.15, 0.2) is 0 Å². The van der Waals surface area contributed by atoms with E-state index in [0.29, 0.717) is 0 Å². The number of aliphatic imine (C=N–C) groups is 2. The van der Waals surface area contributed by atoms with Crippen molar-refractivity contribution in [2.75, 3.05) is 74.0 Å². The summed E-state index contributed by atoms with van der Waals surface area (Å²) >= 11 is 0. The van der Waals surface area contributed by atoms with Crippen molar-refractivity contribution in [1.82, 2.24) is 0 Å². The van der Waals surface area contributed by atoms with Crippen molar-refractivity contribution < 1.29 is 16.5 Å². The molecule has 6 nitrogen and oxygen atoms in total. The second-order valence-corrected chi connectivity index (χ2v) is 9.37. The Balaban J connectivity index is 0.00000684. The Morgan fingerprint density at radius 2 is 1.08 bits per heavy atom. The fourth-order valence-corrected chi connectivity index (χ4v) is 3.93. The van der Waals surface area contributed by atoms with E-state index in [-0.39, 0.29) is 16.5 Å². The van der Waals surface area contributed by atoms with Crippen LogP contribution in [0.15, 0.2) is 46.4 Å². The number of nitrogens with zero attached hydrogens (tertiary/aromatic N) is 6. The van der Waals surface area contributed by atoms with Gasteiger partial charge in [-0.05, 0) is 76.9 Å². The van der Waals surface area contributed by atoms with Gasteiger partial charge in [0.1, 0.15) is 0 Å². The summed E-state index contributed by atoms with van der Waals surface area (Å²) in [6.45, 7) is 14.7. The maximum absolute atomic E-state index is 5.05. The fraction of sp³-hybridized carbons (Fsp3) is 0.533. The molecule has 0 fully saturated rings. The third kappa shape index (κ3) is 9.07. The van der Waals surface area contributed by atoms with Gasteiger partial charge >= 0.3 is 0 Å². The normalized spacial score (nSPS) is 11.4. The van der Waals surface area contributed by atoms with Crippen LogP contribution in [-0.2, 0) is 16.5 Å². The van der Waals surface area contributed by atoms with E-state index in [4.69, 9.17) is 9.98 Å². The van der Waals surface area contributed by atoms with Gasteiger partial charge in [-0.25, -0.2) is 0 Å². The third-order valence-corrected chi connectivity index (χ3v) is 6.88. The Morgan fingerprint density at radius 1 is 0.649 bits per heavy atom. The molecular weight excluding hydrogens is 503 g/mol. The van der Waals surface area contributed by atoms with E-state index in [0.717, 1.165) is 62.5 Å². The zero-order chi connectivity index (χ0) is 26.7. The molecule has 0 saturated carbocycles. The maximum atomic E-state index is 5.05. The first kappa shape index (κ1) is 32.5. The van der Waals surface area contributed by atoms with Crippen molar-refractivity contribution >= 4 is 46.1 Å². The standard InChI is InChI=1S/C30H48N6.Ni/c1-10-15-16-26(32-25-18-20-28(34(7)12-3)30(22-25)36(9)14-5)23-31-24-17-19-27(33(6)11-2)29(21-24)35(8)13-4;/h17-23H,10-16H2,1-9H3;. The zero-order valence-corrected chi connectivity index (χ0v) is 25.5. The van der Waals surface area contributed by atoms with Crippen LogP contribution >= 0.6 is 0 Å². The van der Waals surface area contributed by atoms with Crippen LogP contribution in [0.1, 0.15) is 53.9 Å². The molecule has 0 atom stereocenters. The second-order valence-electron chi connectivity index (χ2n) is 9.37. The van der Waals surface area contributed by atoms with Crippen molar-refractivity contribution in [2.45, 2.75) is 53.9 Å². The Kier molecular flexibility index (Phi) is 14.4. The monoisotopic (exact) mass is 550 g/mol. The SMILES string of the molecule is CCCCC(C=Nc1ccc(N(C)CC)c(N(C)CC)c1)=Nc1ccc(N(C)CC)c(N(C)CC)c1.[Ni]. The summed E-state index contributed by atoms with van der Waals surface area (Å²) in [5.41, 5.74) is 7.80. The third-order valence-electron chi connectivity index (χ3n) is 6.88. The molecule has 7 heteroatoms. The van der Waals surface area contributed by atoms with Crippen molar-refractivity contribution in [2.24, 2.45) is 9.98 Å². The molecular formula is C30H48N6Ni. The molecule has 0 amide bonds. The Morgan fingerprint density at radius 3 is 1.54 bits per heavy atom. The van der Waals surface area contributed by atoms with Crippen LogP contribution in [0.5, 0.6) is 0 Å².